The number of pyridine rings is 1. The van der Waals surface area contributed by atoms with Gasteiger partial charge in [-0.2, -0.15) is 0 Å². The van der Waals surface area contributed by atoms with E-state index in [9.17, 15) is 4.79 Å². The maximum Gasteiger partial charge on any atom is 0.255 e. The predicted molar refractivity (Wildman–Crippen MR) is 82.0 cm³/mol. The van der Waals surface area contributed by atoms with Gasteiger partial charge in [-0.15, -0.1) is 0 Å². The molecule has 2 rings (SSSR count). The second-order valence-electron chi connectivity index (χ2n) is 6.06. The fourth-order valence-electron chi connectivity index (χ4n) is 2.89. The summed E-state index contributed by atoms with van der Waals surface area (Å²) < 4.78 is 0. The van der Waals surface area contributed by atoms with Crippen LogP contribution in [0.15, 0.2) is 12.3 Å². The number of nitrogens with one attached hydrogen (secondary N) is 2. The Hall–Kier alpha value is -1.58. The normalized spacial score (nSPS) is 26.1. The molecule has 1 aromatic heterocycles. The number of hydrogen-bond acceptors (Lipinski definition) is 3. The lowest BCUT2D eigenvalue weighted by molar-refractivity contribution is 0.0911. The molecule has 1 aromatic rings. The molecule has 1 fully saturated rings. The lowest BCUT2D eigenvalue weighted by Gasteiger charge is -2.32. The van der Waals surface area contributed by atoms with Crippen LogP contribution in [-0.2, 0) is 0 Å². The lowest BCUT2D eigenvalue weighted by atomic mass is 9.79. The van der Waals surface area contributed by atoms with Crippen LogP contribution in [0, 0.1) is 18.8 Å². The molecule has 20 heavy (non-hydrogen) atoms. The predicted octanol–water partition coefficient (Wildman–Crippen LogP) is 2.99. The van der Waals surface area contributed by atoms with Crippen LogP contribution in [0.25, 0.3) is 0 Å². The molecule has 3 atom stereocenters. The van der Waals surface area contributed by atoms with Crippen LogP contribution in [0.2, 0.25) is 0 Å². The summed E-state index contributed by atoms with van der Waals surface area (Å²) in [5, 5.41) is 6.23. The number of anilines is 1. The van der Waals surface area contributed by atoms with E-state index in [-0.39, 0.29) is 5.91 Å². The highest BCUT2D eigenvalue weighted by molar-refractivity contribution is 5.99. The fourth-order valence-corrected chi connectivity index (χ4v) is 2.89. The van der Waals surface area contributed by atoms with Gasteiger partial charge in [0.25, 0.3) is 5.91 Å². The van der Waals surface area contributed by atoms with Crippen LogP contribution in [0.4, 0.5) is 5.69 Å². The van der Waals surface area contributed by atoms with Crippen LogP contribution < -0.4 is 10.6 Å². The summed E-state index contributed by atoms with van der Waals surface area (Å²) in [6.07, 6.45) is 5.00. The zero-order valence-electron chi connectivity index (χ0n) is 12.9. The largest absolute Gasteiger partial charge is 0.387 e. The monoisotopic (exact) mass is 275 g/mol. The van der Waals surface area contributed by atoms with Crippen molar-refractivity contribution < 1.29 is 4.79 Å². The molecule has 4 nitrogen and oxygen atoms in total. The van der Waals surface area contributed by atoms with E-state index in [1.165, 1.54) is 6.42 Å². The molecular formula is C16H25N3O. The van der Waals surface area contributed by atoms with Gasteiger partial charge >= 0.3 is 0 Å². The average molecular weight is 275 g/mol. The molecule has 1 aliphatic rings. The standard InChI is InChI=1S/C16H25N3O/c1-10-5-6-13(7-11(10)2)19-16(20)14-9-18-12(3)8-15(14)17-4/h8-11,13H,5-7H2,1-4H3,(H,17,18)(H,19,20). The van der Waals surface area contributed by atoms with Gasteiger partial charge in [-0.05, 0) is 44.1 Å². The first-order valence-electron chi connectivity index (χ1n) is 7.46. The zero-order chi connectivity index (χ0) is 14.7. The van der Waals surface area contributed by atoms with Crippen LogP contribution in [-0.4, -0.2) is 24.0 Å². The fraction of sp³-hybridized carbons (Fsp3) is 0.625. The number of carbonyl (C=O) groups is 1. The van der Waals surface area contributed by atoms with E-state index in [1.54, 1.807) is 6.20 Å². The highest BCUT2D eigenvalue weighted by atomic mass is 16.1. The minimum absolute atomic E-state index is 0.0198. The summed E-state index contributed by atoms with van der Waals surface area (Å²) in [6.45, 7) is 6.49. The smallest absolute Gasteiger partial charge is 0.255 e. The molecule has 1 heterocycles. The Balaban J connectivity index is 2.05. The maximum absolute atomic E-state index is 12.4. The molecule has 1 aliphatic carbocycles. The Bertz CT molecular complexity index is 487. The van der Waals surface area contributed by atoms with Crippen LogP contribution in [0.5, 0.6) is 0 Å². The first-order chi connectivity index (χ1) is 9.51. The highest BCUT2D eigenvalue weighted by Crippen LogP contribution is 2.29. The molecule has 0 spiro atoms. The minimum atomic E-state index is -0.0198. The zero-order valence-corrected chi connectivity index (χ0v) is 12.9. The van der Waals surface area contributed by atoms with E-state index < -0.39 is 0 Å². The number of carbonyl (C=O) groups excluding carboxylic acids is 1. The van der Waals surface area contributed by atoms with E-state index in [0.717, 1.165) is 30.1 Å². The number of nitrogens with zero attached hydrogens (tertiary/aromatic N) is 1. The molecule has 110 valence electrons. The molecular weight excluding hydrogens is 250 g/mol. The van der Waals surface area contributed by atoms with Gasteiger partial charge < -0.3 is 10.6 Å². The van der Waals surface area contributed by atoms with Gasteiger partial charge in [0.2, 0.25) is 0 Å². The Morgan fingerprint density at radius 3 is 2.70 bits per heavy atom. The number of aryl methyl sites for hydroxylation is 1. The van der Waals surface area contributed by atoms with E-state index in [1.807, 2.05) is 20.0 Å². The summed E-state index contributed by atoms with van der Waals surface area (Å²) in [4.78, 5) is 16.6. The molecule has 0 aromatic carbocycles. The van der Waals surface area contributed by atoms with Crippen molar-refractivity contribution in [2.75, 3.05) is 12.4 Å². The Morgan fingerprint density at radius 2 is 2.05 bits per heavy atom. The Morgan fingerprint density at radius 1 is 1.30 bits per heavy atom. The number of rotatable bonds is 3. The van der Waals surface area contributed by atoms with Crippen LogP contribution >= 0.6 is 0 Å². The van der Waals surface area contributed by atoms with Crippen molar-refractivity contribution >= 4 is 11.6 Å². The molecule has 0 saturated heterocycles. The first kappa shape index (κ1) is 14.8. The minimum Gasteiger partial charge on any atom is -0.387 e. The molecule has 1 amide bonds. The van der Waals surface area contributed by atoms with Gasteiger partial charge in [-0.1, -0.05) is 13.8 Å². The topological polar surface area (TPSA) is 54.0 Å². The van der Waals surface area contributed by atoms with E-state index >= 15 is 0 Å². The third kappa shape index (κ3) is 3.30. The van der Waals surface area contributed by atoms with Crippen LogP contribution in [0.3, 0.4) is 0 Å². The average Bonchev–Trinajstić information content (AvgIpc) is 2.42. The molecule has 1 saturated carbocycles. The number of amides is 1. The van der Waals surface area contributed by atoms with Crippen molar-refractivity contribution in [1.29, 1.82) is 0 Å². The number of aromatic nitrogens is 1. The molecule has 0 bridgehead atoms. The Kier molecular flexibility index (Phi) is 4.63. The molecule has 4 heteroatoms. The van der Waals surface area contributed by atoms with Gasteiger partial charge in [-0.25, -0.2) is 0 Å². The summed E-state index contributed by atoms with van der Waals surface area (Å²) >= 11 is 0. The van der Waals surface area contributed by atoms with Crippen molar-refractivity contribution in [1.82, 2.24) is 10.3 Å². The number of hydrogen-bond donors (Lipinski definition) is 2. The first-order valence-corrected chi connectivity index (χ1v) is 7.46. The van der Waals surface area contributed by atoms with Gasteiger partial charge in [0.1, 0.15) is 0 Å². The van der Waals surface area contributed by atoms with Crippen molar-refractivity contribution in [2.45, 2.75) is 46.1 Å². The second kappa shape index (κ2) is 6.25. The van der Waals surface area contributed by atoms with Crippen LogP contribution in [0.1, 0.15) is 49.2 Å². The molecule has 3 unspecified atom stereocenters. The summed E-state index contributed by atoms with van der Waals surface area (Å²) in [6, 6.07) is 2.19. The van der Waals surface area contributed by atoms with Crippen molar-refractivity contribution in [3.05, 3.63) is 23.5 Å². The van der Waals surface area contributed by atoms with Gasteiger partial charge in [-0.3, -0.25) is 9.78 Å². The van der Waals surface area contributed by atoms with Gasteiger partial charge in [0.15, 0.2) is 0 Å². The van der Waals surface area contributed by atoms with E-state index in [4.69, 9.17) is 0 Å². The Labute approximate surface area is 121 Å². The molecule has 2 N–H and O–H groups in total. The highest BCUT2D eigenvalue weighted by Gasteiger charge is 2.26. The summed E-state index contributed by atoms with van der Waals surface area (Å²) in [7, 11) is 1.83. The maximum atomic E-state index is 12.4. The van der Waals surface area contributed by atoms with Crippen molar-refractivity contribution in [3.63, 3.8) is 0 Å². The summed E-state index contributed by atoms with van der Waals surface area (Å²) in [5.74, 6) is 1.42. The van der Waals surface area contributed by atoms with E-state index in [0.29, 0.717) is 17.5 Å². The SMILES string of the molecule is CNc1cc(C)ncc1C(=O)NC1CCC(C)C(C)C1. The van der Waals surface area contributed by atoms with E-state index in [2.05, 4.69) is 29.5 Å². The van der Waals surface area contributed by atoms with Crippen molar-refractivity contribution in [3.8, 4) is 0 Å². The second-order valence-corrected chi connectivity index (χ2v) is 6.06. The van der Waals surface area contributed by atoms with Gasteiger partial charge in [0.05, 0.1) is 11.3 Å². The third-order valence-corrected chi connectivity index (χ3v) is 4.49. The molecule has 0 radical (unpaired) electrons. The lowest BCUT2D eigenvalue weighted by Crippen LogP contribution is -2.40. The van der Waals surface area contributed by atoms with Crippen molar-refractivity contribution in [2.24, 2.45) is 11.8 Å². The van der Waals surface area contributed by atoms with Gasteiger partial charge in [0, 0.05) is 25.0 Å². The summed E-state index contributed by atoms with van der Waals surface area (Å²) in [5.41, 5.74) is 2.38. The quantitative estimate of drug-likeness (QED) is 0.891. The third-order valence-electron chi connectivity index (χ3n) is 4.49. The molecule has 0 aliphatic heterocycles.